The number of hydrogen-bond acceptors (Lipinski definition) is 5. The number of nitrogens with two attached hydrogens (primary N) is 1. The topological polar surface area (TPSA) is 94.3 Å². The number of carbonyl (C=O) groups excluding carboxylic acids is 2. The first kappa shape index (κ1) is 13.0. The molecule has 0 spiro atoms. The van der Waals surface area contributed by atoms with Crippen LogP contribution in [0.25, 0.3) is 0 Å². The highest BCUT2D eigenvalue weighted by atomic mass is 32.1. The van der Waals surface area contributed by atoms with Gasteiger partial charge in [-0.1, -0.05) is 6.07 Å². The summed E-state index contributed by atoms with van der Waals surface area (Å²) in [7, 11) is 1.52. The Labute approximate surface area is 113 Å². The van der Waals surface area contributed by atoms with E-state index in [9.17, 15) is 9.59 Å². The van der Waals surface area contributed by atoms with E-state index in [1.165, 1.54) is 12.6 Å². The molecule has 1 heterocycles. The minimum Gasteiger partial charge on any atom is -0.497 e. The number of hydrogen-bond donors (Lipinski definition) is 2. The normalized spacial score (nSPS) is 9.95. The molecule has 2 amide bonds. The van der Waals surface area contributed by atoms with Gasteiger partial charge in [-0.05, 0) is 18.2 Å². The fourth-order valence-corrected chi connectivity index (χ4v) is 2.05. The Bertz CT molecular complexity index is 624. The van der Waals surface area contributed by atoms with Crippen molar-refractivity contribution in [3.05, 3.63) is 40.2 Å². The molecule has 98 valence electrons. The molecule has 0 aliphatic heterocycles. The molecule has 6 nitrogen and oxygen atoms in total. The maximum Gasteiger partial charge on any atom is 0.262 e. The Morgan fingerprint density at radius 1 is 1.42 bits per heavy atom. The number of aromatic nitrogens is 1. The molecule has 19 heavy (non-hydrogen) atoms. The summed E-state index contributed by atoms with van der Waals surface area (Å²) in [5.74, 6) is -0.262. The van der Waals surface area contributed by atoms with Crippen molar-refractivity contribution in [3.63, 3.8) is 0 Å². The lowest BCUT2D eigenvalue weighted by atomic mass is 10.2. The van der Waals surface area contributed by atoms with Crippen LogP contribution >= 0.6 is 11.3 Å². The summed E-state index contributed by atoms with van der Waals surface area (Å²) in [4.78, 5) is 27.2. The van der Waals surface area contributed by atoms with Crippen molar-refractivity contribution in [2.24, 2.45) is 5.73 Å². The van der Waals surface area contributed by atoms with Crippen LogP contribution in [0.15, 0.2) is 29.8 Å². The van der Waals surface area contributed by atoms with Crippen molar-refractivity contribution in [1.29, 1.82) is 0 Å². The standard InChI is InChI=1S/C12H11N3O3S/c1-18-8-4-2-3-7(5-8)12(17)15-11-9(10(13)16)19-6-14-11/h2-6H,1H3,(H2,13,16)(H,15,17). The van der Waals surface area contributed by atoms with Gasteiger partial charge in [0.25, 0.3) is 11.8 Å². The molecular weight excluding hydrogens is 266 g/mol. The van der Waals surface area contributed by atoms with Crippen LogP contribution in [0.1, 0.15) is 20.0 Å². The molecule has 0 aliphatic rings. The number of primary amides is 1. The number of amides is 2. The van der Waals surface area contributed by atoms with Gasteiger partial charge in [0.1, 0.15) is 10.6 Å². The Balaban J connectivity index is 2.20. The largest absolute Gasteiger partial charge is 0.497 e. The third kappa shape index (κ3) is 2.89. The van der Waals surface area contributed by atoms with Gasteiger partial charge in [0.15, 0.2) is 5.82 Å². The molecule has 2 rings (SSSR count). The summed E-state index contributed by atoms with van der Waals surface area (Å²) in [5.41, 5.74) is 7.03. The maximum atomic E-state index is 12.0. The van der Waals surface area contributed by atoms with Gasteiger partial charge < -0.3 is 15.8 Å². The monoisotopic (exact) mass is 277 g/mol. The minimum absolute atomic E-state index is 0.172. The van der Waals surface area contributed by atoms with Crippen LogP contribution in [-0.4, -0.2) is 23.9 Å². The van der Waals surface area contributed by atoms with Gasteiger partial charge in [-0.15, -0.1) is 11.3 Å². The first-order valence-electron chi connectivity index (χ1n) is 5.30. The van der Waals surface area contributed by atoms with E-state index in [1.54, 1.807) is 24.3 Å². The summed E-state index contributed by atoms with van der Waals surface area (Å²) in [6.07, 6.45) is 0. The highest BCUT2D eigenvalue weighted by molar-refractivity contribution is 7.12. The lowest BCUT2D eigenvalue weighted by molar-refractivity contribution is 0.100. The first-order valence-corrected chi connectivity index (χ1v) is 6.18. The zero-order valence-electron chi connectivity index (χ0n) is 10.0. The van der Waals surface area contributed by atoms with Gasteiger partial charge in [0.2, 0.25) is 0 Å². The second kappa shape index (κ2) is 5.49. The minimum atomic E-state index is -0.622. The Hall–Kier alpha value is -2.41. The zero-order chi connectivity index (χ0) is 13.8. The number of nitrogens with zero attached hydrogens (tertiary/aromatic N) is 1. The Kier molecular flexibility index (Phi) is 3.76. The molecule has 0 bridgehead atoms. The number of carbonyl (C=O) groups is 2. The van der Waals surface area contributed by atoms with Crippen LogP contribution in [0.5, 0.6) is 5.75 Å². The van der Waals surface area contributed by atoms with E-state index in [0.29, 0.717) is 11.3 Å². The van der Waals surface area contributed by atoms with Crippen molar-refractivity contribution < 1.29 is 14.3 Å². The third-order valence-corrected chi connectivity index (χ3v) is 3.20. The van der Waals surface area contributed by atoms with Gasteiger partial charge in [-0.2, -0.15) is 0 Å². The molecule has 0 saturated heterocycles. The second-order valence-electron chi connectivity index (χ2n) is 3.58. The SMILES string of the molecule is COc1cccc(C(=O)Nc2ncsc2C(N)=O)c1. The summed E-state index contributed by atoms with van der Waals surface area (Å²) in [5, 5.41) is 2.54. The summed E-state index contributed by atoms with van der Waals surface area (Å²) < 4.78 is 5.03. The highest BCUT2D eigenvalue weighted by Gasteiger charge is 2.15. The molecule has 0 fully saturated rings. The van der Waals surface area contributed by atoms with Gasteiger partial charge >= 0.3 is 0 Å². The van der Waals surface area contributed by atoms with Gasteiger partial charge in [-0.25, -0.2) is 4.98 Å². The number of anilines is 1. The number of methoxy groups -OCH3 is 1. The summed E-state index contributed by atoms with van der Waals surface area (Å²) >= 11 is 1.08. The van der Waals surface area contributed by atoms with E-state index in [4.69, 9.17) is 10.5 Å². The van der Waals surface area contributed by atoms with Gasteiger partial charge in [0.05, 0.1) is 12.6 Å². The Morgan fingerprint density at radius 3 is 2.89 bits per heavy atom. The van der Waals surface area contributed by atoms with Crippen LogP contribution in [0.2, 0.25) is 0 Å². The number of nitrogens with one attached hydrogen (secondary N) is 1. The predicted molar refractivity (Wildman–Crippen MR) is 71.6 cm³/mol. The molecule has 1 aromatic carbocycles. The molecule has 3 N–H and O–H groups in total. The average molecular weight is 277 g/mol. The van der Waals surface area contributed by atoms with Crippen LogP contribution in [0.4, 0.5) is 5.82 Å². The number of rotatable bonds is 4. The van der Waals surface area contributed by atoms with Crippen LogP contribution in [0, 0.1) is 0 Å². The second-order valence-corrected chi connectivity index (χ2v) is 4.44. The molecule has 0 unspecified atom stereocenters. The van der Waals surface area contributed by atoms with Gasteiger partial charge in [-0.3, -0.25) is 9.59 Å². The van der Waals surface area contributed by atoms with Crippen LogP contribution in [-0.2, 0) is 0 Å². The van der Waals surface area contributed by atoms with E-state index in [0.717, 1.165) is 11.3 Å². The van der Waals surface area contributed by atoms with Crippen molar-refractivity contribution in [1.82, 2.24) is 4.98 Å². The summed E-state index contributed by atoms with van der Waals surface area (Å²) in [6.45, 7) is 0. The maximum absolute atomic E-state index is 12.0. The molecule has 1 aromatic heterocycles. The van der Waals surface area contributed by atoms with Crippen molar-refractivity contribution in [3.8, 4) is 5.75 Å². The lowest BCUT2D eigenvalue weighted by Crippen LogP contribution is -2.17. The molecule has 0 saturated carbocycles. The lowest BCUT2D eigenvalue weighted by Gasteiger charge is -2.05. The predicted octanol–water partition coefficient (Wildman–Crippen LogP) is 1.50. The fourth-order valence-electron chi connectivity index (χ4n) is 1.45. The third-order valence-electron chi connectivity index (χ3n) is 2.36. The summed E-state index contributed by atoms with van der Waals surface area (Å²) in [6, 6.07) is 6.65. The number of benzene rings is 1. The van der Waals surface area contributed by atoms with Crippen LogP contribution < -0.4 is 15.8 Å². The smallest absolute Gasteiger partial charge is 0.262 e. The molecule has 0 aliphatic carbocycles. The van der Waals surface area contributed by atoms with E-state index >= 15 is 0 Å². The van der Waals surface area contributed by atoms with E-state index in [1.807, 2.05) is 0 Å². The van der Waals surface area contributed by atoms with Crippen molar-refractivity contribution >= 4 is 29.0 Å². The molecule has 0 radical (unpaired) electrons. The van der Waals surface area contributed by atoms with E-state index < -0.39 is 5.91 Å². The molecular formula is C12H11N3O3S. The van der Waals surface area contributed by atoms with Crippen LogP contribution in [0.3, 0.4) is 0 Å². The van der Waals surface area contributed by atoms with Crippen molar-refractivity contribution in [2.45, 2.75) is 0 Å². The fraction of sp³-hybridized carbons (Fsp3) is 0.0833. The van der Waals surface area contributed by atoms with E-state index in [2.05, 4.69) is 10.3 Å². The molecule has 7 heteroatoms. The van der Waals surface area contributed by atoms with Gasteiger partial charge in [0, 0.05) is 5.56 Å². The molecule has 0 atom stereocenters. The Morgan fingerprint density at radius 2 is 2.21 bits per heavy atom. The van der Waals surface area contributed by atoms with Crippen molar-refractivity contribution in [2.75, 3.05) is 12.4 Å². The molecule has 2 aromatic rings. The number of ether oxygens (including phenoxy) is 1. The quantitative estimate of drug-likeness (QED) is 0.885. The first-order chi connectivity index (χ1) is 9.11. The zero-order valence-corrected chi connectivity index (χ0v) is 10.9. The average Bonchev–Trinajstić information content (AvgIpc) is 2.87. The highest BCUT2D eigenvalue weighted by Crippen LogP contribution is 2.19. The van der Waals surface area contributed by atoms with E-state index in [-0.39, 0.29) is 16.6 Å². The number of thiazole rings is 1.